The molecule has 0 aromatic heterocycles. The molecule has 2 aromatic rings. The third kappa shape index (κ3) is 6.22. The van der Waals surface area contributed by atoms with Crippen LogP contribution in [0, 0.1) is 6.92 Å². The lowest BCUT2D eigenvalue weighted by molar-refractivity contribution is -0.117. The van der Waals surface area contributed by atoms with Gasteiger partial charge in [-0.25, -0.2) is 0 Å². The Balaban J connectivity index is 1.94. The van der Waals surface area contributed by atoms with Gasteiger partial charge in [0.2, 0.25) is 5.91 Å². The van der Waals surface area contributed by atoms with Gasteiger partial charge < -0.3 is 10.2 Å². The maximum absolute atomic E-state index is 12.5. The lowest BCUT2D eigenvalue weighted by Gasteiger charge is -2.19. The number of nitrogens with one attached hydrogen (secondary N) is 1. The van der Waals surface area contributed by atoms with E-state index >= 15 is 0 Å². The molecule has 2 rings (SSSR count). The molecule has 0 atom stereocenters. The summed E-state index contributed by atoms with van der Waals surface area (Å²) >= 11 is 0. The number of hydrogen-bond donors (Lipinski definition) is 1. The Kier molecular flexibility index (Phi) is 7.55. The van der Waals surface area contributed by atoms with Crippen molar-refractivity contribution in [2.24, 2.45) is 0 Å². The number of likely N-dealkylation sites (N-methyl/N-ethyl adjacent to an activating group) is 1. The monoisotopic (exact) mass is 367 g/mol. The summed E-state index contributed by atoms with van der Waals surface area (Å²) in [6.45, 7) is 8.27. The number of rotatable bonds is 8. The quantitative estimate of drug-likeness (QED) is 0.776. The van der Waals surface area contributed by atoms with Gasteiger partial charge in [0.15, 0.2) is 0 Å². The first-order chi connectivity index (χ1) is 12.9. The van der Waals surface area contributed by atoms with Crippen molar-refractivity contribution in [2.45, 2.75) is 27.3 Å². The highest BCUT2D eigenvalue weighted by Crippen LogP contribution is 2.13. The van der Waals surface area contributed by atoms with Crippen LogP contribution in [0.15, 0.2) is 48.5 Å². The zero-order chi connectivity index (χ0) is 19.8. The van der Waals surface area contributed by atoms with E-state index in [1.54, 1.807) is 29.2 Å². The molecule has 0 fully saturated rings. The predicted molar refractivity (Wildman–Crippen MR) is 110 cm³/mol. The number of benzene rings is 2. The molecule has 0 aliphatic heterocycles. The Bertz CT molecular complexity index is 767. The van der Waals surface area contributed by atoms with Gasteiger partial charge in [-0.3, -0.25) is 14.5 Å². The predicted octanol–water partition coefficient (Wildman–Crippen LogP) is 3.55. The summed E-state index contributed by atoms with van der Waals surface area (Å²) in [4.78, 5) is 28.5. The van der Waals surface area contributed by atoms with Crippen molar-refractivity contribution in [2.75, 3.05) is 32.0 Å². The molecular weight excluding hydrogens is 338 g/mol. The first kappa shape index (κ1) is 20.6. The maximum atomic E-state index is 12.5. The number of carbonyl (C=O) groups is 2. The lowest BCUT2D eigenvalue weighted by atomic mass is 10.1. The summed E-state index contributed by atoms with van der Waals surface area (Å²) in [6.07, 6.45) is 0. The van der Waals surface area contributed by atoms with Crippen LogP contribution in [0.2, 0.25) is 0 Å². The van der Waals surface area contributed by atoms with Gasteiger partial charge in [-0.05, 0) is 51.6 Å². The van der Waals surface area contributed by atoms with Crippen molar-refractivity contribution in [1.29, 1.82) is 0 Å². The number of nitrogens with zero attached hydrogens (tertiary/aromatic N) is 2. The first-order valence-corrected chi connectivity index (χ1v) is 9.36. The Hall–Kier alpha value is -2.66. The van der Waals surface area contributed by atoms with Gasteiger partial charge >= 0.3 is 0 Å². The summed E-state index contributed by atoms with van der Waals surface area (Å²) in [6, 6.07) is 15.4. The van der Waals surface area contributed by atoms with Gasteiger partial charge in [-0.1, -0.05) is 35.9 Å². The molecule has 144 valence electrons. The van der Waals surface area contributed by atoms with Crippen LogP contribution in [0.3, 0.4) is 0 Å². The molecule has 5 nitrogen and oxygen atoms in total. The highest BCUT2D eigenvalue weighted by Gasteiger charge is 2.13. The third-order valence-electron chi connectivity index (χ3n) is 4.43. The molecule has 0 saturated heterocycles. The van der Waals surface area contributed by atoms with Crippen LogP contribution in [-0.4, -0.2) is 48.3 Å². The van der Waals surface area contributed by atoms with Crippen molar-refractivity contribution in [1.82, 2.24) is 9.80 Å². The number of hydrogen-bond acceptors (Lipinski definition) is 3. The maximum Gasteiger partial charge on any atom is 0.253 e. The summed E-state index contributed by atoms with van der Waals surface area (Å²) in [5.74, 6) is -0.121. The van der Waals surface area contributed by atoms with Crippen molar-refractivity contribution in [3.8, 4) is 0 Å². The molecule has 0 heterocycles. The fourth-order valence-corrected chi connectivity index (χ4v) is 2.93. The van der Waals surface area contributed by atoms with Gasteiger partial charge in [0.25, 0.3) is 5.91 Å². The average molecular weight is 367 g/mol. The molecule has 2 amide bonds. The second-order valence-corrected chi connectivity index (χ2v) is 6.76. The standard InChI is InChI=1S/C22H29N3O2/c1-5-25(6-2)22(27)19-8-7-9-20(14-19)23-21(26)16-24(4)15-18-12-10-17(3)11-13-18/h7-14H,5-6,15-16H2,1-4H3,(H,23,26). The summed E-state index contributed by atoms with van der Waals surface area (Å²) in [5.41, 5.74) is 3.62. The van der Waals surface area contributed by atoms with E-state index in [2.05, 4.69) is 36.5 Å². The molecule has 5 heteroatoms. The molecule has 0 radical (unpaired) electrons. The smallest absolute Gasteiger partial charge is 0.253 e. The van der Waals surface area contributed by atoms with E-state index in [4.69, 9.17) is 0 Å². The molecule has 0 bridgehead atoms. The highest BCUT2D eigenvalue weighted by molar-refractivity contribution is 5.97. The fraction of sp³-hybridized carbons (Fsp3) is 0.364. The van der Waals surface area contributed by atoms with E-state index in [9.17, 15) is 9.59 Å². The largest absolute Gasteiger partial charge is 0.339 e. The van der Waals surface area contributed by atoms with Crippen LogP contribution in [0.1, 0.15) is 35.3 Å². The number of aryl methyl sites for hydroxylation is 1. The molecule has 1 N–H and O–H groups in total. The van der Waals surface area contributed by atoms with E-state index in [0.29, 0.717) is 30.9 Å². The van der Waals surface area contributed by atoms with Gasteiger partial charge in [-0.15, -0.1) is 0 Å². The topological polar surface area (TPSA) is 52.7 Å². The van der Waals surface area contributed by atoms with Crippen LogP contribution in [0.5, 0.6) is 0 Å². The lowest BCUT2D eigenvalue weighted by Crippen LogP contribution is -2.31. The minimum absolute atomic E-state index is 0.0208. The molecule has 2 aromatic carbocycles. The Morgan fingerprint density at radius 3 is 2.30 bits per heavy atom. The molecule has 27 heavy (non-hydrogen) atoms. The Morgan fingerprint density at radius 2 is 1.67 bits per heavy atom. The first-order valence-electron chi connectivity index (χ1n) is 9.36. The van der Waals surface area contributed by atoms with E-state index in [-0.39, 0.29) is 18.4 Å². The van der Waals surface area contributed by atoms with E-state index in [0.717, 1.165) is 0 Å². The summed E-state index contributed by atoms with van der Waals surface area (Å²) in [5, 5.41) is 2.89. The molecule has 0 unspecified atom stereocenters. The van der Waals surface area contributed by atoms with Crippen molar-refractivity contribution < 1.29 is 9.59 Å². The van der Waals surface area contributed by atoms with Crippen LogP contribution in [0.4, 0.5) is 5.69 Å². The molecule has 0 aliphatic rings. The van der Waals surface area contributed by atoms with Gasteiger partial charge in [0.05, 0.1) is 6.54 Å². The SMILES string of the molecule is CCN(CC)C(=O)c1cccc(NC(=O)CN(C)Cc2ccc(C)cc2)c1. The van der Waals surface area contributed by atoms with Gasteiger partial charge in [0, 0.05) is 30.9 Å². The third-order valence-corrected chi connectivity index (χ3v) is 4.43. The highest BCUT2D eigenvalue weighted by atomic mass is 16.2. The Morgan fingerprint density at radius 1 is 1.00 bits per heavy atom. The van der Waals surface area contributed by atoms with Gasteiger partial charge in [0.1, 0.15) is 0 Å². The second kappa shape index (κ2) is 9.88. The second-order valence-electron chi connectivity index (χ2n) is 6.76. The molecular formula is C22H29N3O2. The van der Waals surface area contributed by atoms with Gasteiger partial charge in [-0.2, -0.15) is 0 Å². The van der Waals surface area contributed by atoms with Crippen molar-refractivity contribution in [3.05, 3.63) is 65.2 Å². The van der Waals surface area contributed by atoms with Crippen molar-refractivity contribution in [3.63, 3.8) is 0 Å². The Labute approximate surface area is 162 Å². The average Bonchev–Trinajstić information content (AvgIpc) is 2.64. The minimum Gasteiger partial charge on any atom is -0.339 e. The molecule has 0 spiro atoms. The van der Waals surface area contributed by atoms with E-state index in [1.165, 1.54) is 11.1 Å². The zero-order valence-corrected chi connectivity index (χ0v) is 16.7. The fourth-order valence-electron chi connectivity index (χ4n) is 2.93. The number of carbonyl (C=O) groups excluding carboxylic acids is 2. The van der Waals surface area contributed by atoms with Crippen LogP contribution in [0.25, 0.3) is 0 Å². The molecule has 0 saturated carbocycles. The van der Waals surface area contributed by atoms with Crippen LogP contribution < -0.4 is 5.32 Å². The summed E-state index contributed by atoms with van der Waals surface area (Å²) in [7, 11) is 1.92. The number of anilines is 1. The normalized spacial score (nSPS) is 10.7. The van der Waals surface area contributed by atoms with Crippen molar-refractivity contribution >= 4 is 17.5 Å². The van der Waals surface area contributed by atoms with E-state index in [1.807, 2.05) is 25.8 Å². The van der Waals surface area contributed by atoms with Crippen LogP contribution in [-0.2, 0) is 11.3 Å². The zero-order valence-electron chi connectivity index (χ0n) is 16.7. The molecule has 0 aliphatic carbocycles. The minimum atomic E-state index is -0.1000. The number of amides is 2. The van der Waals surface area contributed by atoms with E-state index < -0.39 is 0 Å². The summed E-state index contributed by atoms with van der Waals surface area (Å²) < 4.78 is 0. The van der Waals surface area contributed by atoms with Crippen LogP contribution >= 0.6 is 0 Å².